The molecule has 0 heterocycles. The molecule has 1 aliphatic carbocycles. The fourth-order valence-electron chi connectivity index (χ4n) is 9.89. The van der Waals surface area contributed by atoms with Crippen molar-refractivity contribution in [2.75, 3.05) is 7.11 Å². The van der Waals surface area contributed by atoms with Gasteiger partial charge in [-0.05, 0) is 128 Å². The first-order chi connectivity index (χ1) is 28.0. The molecule has 0 atom stereocenters. The van der Waals surface area contributed by atoms with Crippen molar-refractivity contribution in [3.8, 4) is 61.4 Å². The number of methoxy groups -OCH3 is 1. The lowest BCUT2D eigenvalue weighted by molar-refractivity contribution is 0.415. The van der Waals surface area contributed by atoms with Crippen LogP contribution in [0.2, 0.25) is 0 Å². The van der Waals surface area contributed by atoms with Gasteiger partial charge in [0.1, 0.15) is 5.75 Å². The summed E-state index contributed by atoms with van der Waals surface area (Å²) in [5, 5.41) is 10.1. The lowest BCUT2D eigenvalue weighted by Crippen LogP contribution is -2.14. The van der Waals surface area contributed by atoms with E-state index in [-0.39, 0.29) is 5.41 Å². The zero-order valence-corrected chi connectivity index (χ0v) is 32.3. The zero-order valence-electron chi connectivity index (χ0n) is 32.3. The maximum atomic E-state index is 5.41. The summed E-state index contributed by atoms with van der Waals surface area (Å²) in [5.41, 5.74) is 15.3. The maximum absolute atomic E-state index is 5.41. The van der Waals surface area contributed by atoms with Gasteiger partial charge in [-0.25, -0.2) is 0 Å². The highest BCUT2D eigenvalue weighted by Crippen LogP contribution is 2.53. The number of fused-ring (bicyclic) bond motifs is 7. The van der Waals surface area contributed by atoms with E-state index in [0.717, 1.165) is 5.75 Å². The van der Waals surface area contributed by atoms with Crippen LogP contribution in [0, 0.1) is 0 Å². The van der Waals surface area contributed by atoms with E-state index in [1.54, 1.807) is 7.11 Å². The summed E-state index contributed by atoms with van der Waals surface area (Å²) in [5.74, 6) is 0.863. The van der Waals surface area contributed by atoms with Crippen molar-refractivity contribution in [3.63, 3.8) is 0 Å². The zero-order chi connectivity index (χ0) is 38.3. The molecule has 11 rings (SSSR count). The Morgan fingerprint density at radius 1 is 0.316 bits per heavy atom. The predicted molar refractivity (Wildman–Crippen MR) is 242 cm³/mol. The molecule has 0 radical (unpaired) electrons. The Labute approximate surface area is 333 Å². The molecule has 0 bridgehead atoms. The first-order valence-electron chi connectivity index (χ1n) is 19.9. The summed E-state index contributed by atoms with van der Waals surface area (Å²) in [4.78, 5) is 0. The van der Waals surface area contributed by atoms with Crippen molar-refractivity contribution in [2.45, 2.75) is 19.3 Å². The highest BCUT2D eigenvalue weighted by molar-refractivity contribution is 6.30. The van der Waals surface area contributed by atoms with Crippen LogP contribution in [0.3, 0.4) is 0 Å². The molecule has 0 unspecified atom stereocenters. The van der Waals surface area contributed by atoms with Gasteiger partial charge in [-0.15, -0.1) is 0 Å². The van der Waals surface area contributed by atoms with Gasteiger partial charge < -0.3 is 4.74 Å². The van der Waals surface area contributed by atoms with E-state index >= 15 is 0 Å². The molecule has 0 amide bonds. The van der Waals surface area contributed by atoms with E-state index in [0.29, 0.717) is 0 Å². The molecule has 0 aromatic heterocycles. The van der Waals surface area contributed by atoms with Crippen LogP contribution in [0.5, 0.6) is 5.75 Å². The van der Waals surface area contributed by atoms with E-state index < -0.39 is 0 Å². The number of benzene rings is 10. The van der Waals surface area contributed by atoms with Gasteiger partial charge in [-0.3, -0.25) is 0 Å². The Balaban J connectivity index is 1.16. The maximum Gasteiger partial charge on any atom is 0.118 e. The minimum absolute atomic E-state index is 0.0803. The van der Waals surface area contributed by atoms with E-state index in [4.69, 9.17) is 4.74 Å². The van der Waals surface area contributed by atoms with Gasteiger partial charge in [0.15, 0.2) is 0 Å². The average Bonchev–Trinajstić information content (AvgIpc) is 3.50. The highest BCUT2D eigenvalue weighted by atomic mass is 16.5. The van der Waals surface area contributed by atoms with Gasteiger partial charge in [0, 0.05) is 5.41 Å². The average molecular weight is 729 g/mol. The summed E-state index contributed by atoms with van der Waals surface area (Å²) in [6.45, 7) is 4.74. The summed E-state index contributed by atoms with van der Waals surface area (Å²) in [6, 6.07) is 69.6. The molecule has 270 valence electrons. The lowest BCUT2D eigenvalue weighted by Gasteiger charge is -2.24. The molecule has 1 aliphatic rings. The monoisotopic (exact) mass is 728 g/mol. The van der Waals surface area contributed by atoms with E-state index in [2.05, 4.69) is 190 Å². The van der Waals surface area contributed by atoms with E-state index in [1.807, 2.05) is 12.1 Å². The van der Waals surface area contributed by atoms with Crippen LogP contribution in [0.15, 0.2) is 188 Å². The van der Waals surface area contributed by atoms with Gasteiger partial charge in [0.25, 0.3) is 0 Å². The Kier molecular flexibility index (Phi) is 7.50. The molecule has 0 saturated heterocycles. The summed E-state index contributed by atoms with van der Waals surface area (Å²) in [7, 11) is 1.71. The fraction of sp³-hybridized carbons (Fsp3) is 0.0714. The second kappa shape index (κ2) is 12.8. The molecule has 0 spiro atoms. The Morgan fingerprint density at radius 2 is 0.667 bits per heavy atom. The second-order valence-corrected chi connectivity index (χ2v) is 15.9. The van der Waals surface area contributed by atoms with E-state index in [9.17, 15) is 0 Å². The van der Waals surface area contributed by atoms with Gasteiger partial charge in [0.05, 0.1) is 7.11 Å². The second-order valence-electron chi connectivity index (χ2n) is 15.9. The third-order valence-electron chi connectivity index (χ3n) is 12.6. The van der Waals surface area contributed by atoms with Gasteiger partial charge in [-0.1, -0.05) is 184 Å². The number of hydrogen-bond donors (Lipinski definition) is 0. The molecule has 10 aromatic carbocycles. The highest BCUT2D eigenvalue weighted by Gasteiger charge is 2.35. The molecule has 1 nitrogen and oxygen atoms in total. The van der Waals surface area contributed by atoms with Crippen molar-refractivity contribution in [3.05, 3.63) is 199 Å². The van der Waals surface area contributed by atoms with Crippen molar-refractivity contribution >= 4 is 43.1 Å². The number of ether oxygens (including phenoxy) is 1. The van der Waals surface area contributed by atoms with Crippen molar-refractivity contribution in [1.82, 2.24) is 0 Å². The van der Waals surface area contributed by atoms with Crippen LogP contribution in [0.4, 0.5) is 0 Å². The Bertz CT molecular complexity index is 3110. The predicted octanol–water partition coefficient (Wildman–Crippen LogP) is 15.3. The minimum atomic E-state index is -0.0803. The Morgan fingerprint density at radius 3 is 1.14 bits per heavy atom. The van der Waals surface area contributed by atoms with Crippen LogP contribution in [-0.4, -0.2) is 7.11 Å². The summed E-state index contributed by atoms with van der Waals surface area (Å²) in [6.07, 6.45) is 0. The van der Waals surface area contributed by atoms with Crippen LogP contribution in [-0.2, 0) is 5.41 Å². The first-order valence-corrected chi connectivity index (χ1v) is 19.9. The van der Waals surface area contributed by atoms with Crippen LogP contribution in [0.25, 0.3) is 98.7 Å². The van der Waals surface area contributed by atoms with Gasteiger partial charge in [0.2, 0.25) is 0 Å². The van der Waals surface area contributed by atoms with Crippen LogP contribution in [0.1, 0.15) is 25.0 Å². The summed E-state index contributed by atoms with van der Waals surface area (Å²) < 4.78 is 5.41. The minimum Gasteiger partial charge on any atom is -0.497 e. The van der Waals surface area contributed by atoms with Crippen LogP contribution >= 0.6 is 0 Å². The molecular formula is C56H40O. The number of hydrogen-bond acceptors (Lipinski definition) is 1. The van der Waals surface area contributed by atoms with Crippen molar-refractivity contribution < 1.29 is 4.74 Å². The molecule has 0 saturated carbocycles. The fourth-order valence-corrected chi connectivity index (χ4v) is 9.89. The molecule has 0 aliphatic heterocycles. The van der Waals surface area contributed by atoms with Gasteiger partial charge >= 0.3 is 0 Å². The number of rotatable bonds is 5. The molecule has 0 fully saturated rings. The topological polar surface area (TPSA) is 9.23 Å². The normalized spacial score (nSPS) is 13.0. The quantitative estimate of drug-likeness (QED) is 0.160. The SMILES string of the molecule is COc1ccc(-c2ccc(-c3c4ccccc4c(-c4c5ccccc5c(-c5ccc6c(c5)C(C)(C)c5ccccc5-6)c5ccccc45)c4ccccc34)cc2)cc1. The largest absolute Gasteiger partial charge is 0.497 e. The van der Waals surface area contributed by atoms with E-state index in [1.165, 1.54) is 110 Å². The molecule has 1 heteroatoms. The van der Waals surface area contributed by atoms with Crippen LogP contribution < -0.4 is 4.74 Å². The molecule has 57 heavy (non-hydrogen) atoms. The molecule has 0 N–H and O–H groups in total. The van der Waals surface area contributed by atoms with Gasteiger partial charge in [-0.2, -0.15) is 0 Å². The van der Waals surface area contributed by atoms with Crippen molar-refractivity contribution in [2.24, 2.45) is 0 Å². The molecule has 10 aromatic rings. The Hall–Kier alpha value is -6.96. The third kappa shape index (κ3) is 5.02. The standard InChI is InChI=1S/C56H40O/c1-56(2)50-23-13-12-14-40(50)41-33-30-38(34-51(41)56)53-44-17-6-10-21-48(44)55(49-22-11-7-18-45(49)53)54-46-19-8-4-15-42(46)52(43-16-5-9-20-47(43)54)37-26-24-35(25-27-37)36-28-31-39(57-3)32-29-36/h4-34H,1-3H3. The van der Waals surface area contributed by atoms with Crippen molar-refractivity contribution in [1.29, 1.82) is 0 Å². The smallest absolute Gasteiger partial charge is 0.118 e. The summed E-state index contributed by atoms with van der Waals surface area (Å²) >= 11 is 0. The third-order valence-corrected chi connectivity index (χ3v) is 12.6. The molecular weight excluding hydrogens is 689 g/mol. The first kappa shape index (κ1) is 33.4. The lowest BCUT2D eigenvalue weighted by atomic mass is 9.79.